The number of phenolic OH excluding ortho intramolecular Hbond substituents is 1. The fourth-order valence-corrected chi connectivity index (χ4v) is 6.16. The Balaban J connectivity index is 1.76. The molecule has 2 fully saturated rings. The first-order chi connectivity index (χ1) is 16.0. The van der Waals surface area contributed by atoms with Gasteiger partial charge in [0.1, 0.15) is 23.6 Å². The molecule has 1 aromatic rings. The Morgan fingerprint density at radius 3 is 2.62 bits per heavy atom. The number of aliphatic hydroxyl groups excluding tert-OH is 1. The zero-order valence-electron chi connectivity index (χ0n) is 18.8. The smallest absolute Gasteiger partial charge is 0.230 e. The van der Waals surface area contributed by atoms with Gasteiger partial charge in [-0.15, -0.1) is 0 Å². The van der Waals surface area contributed by atoms with Gasteiger partial charge in [0.2, 0.25) is 5.91 Å². The van der Waals surface area contributed by atoms with Crippen LogP contribution in [0.15, 0.2) is 17.2 Å². The number of ketones is 3. The molecule has 0 aromatic heterocycles. The Hall–Kier alpha value is -2.55. The topological polar surface area (TPSA) is 155 Å². The van der Waals surface area contributed by atoms with Gasteiger partial charge < -0.3 is 21.1 Å². The molecule has 9 heteroatoms. The van der Waals surface area contributed by atoms with Crippen LogP contribution in [-0.4, -0.2) is 50.3 Å². The summed E-state index contributed by atoms with van der Waals surface area (Å²) in [6.45, 7) is 2.05. The van der Waals surface area contributed by atoms with Crippen molar-refractivity contribution in [2.24, 2.45) is 29.4 Å². The normalized spacial score (nSPS) is 33.2. The van der Waals surface area contributed by atoms with Crippen LogP contribution < -0.4 is 5.73 Å². The largest absolute Gasteiger partial charge is 0.507 e. The summed E-state index contributed by atoms with van der Waals surface area (Å²) in [6, 6.07) is 3.04. The second-order valence-corrected chi connectivity index (χ2v) is 10.1. The van der Waals surface area contributed by atoms with Gasteiger partial charge in [-0.3, -0.25) is 19.2 Å². The Morgan fingerprint density at radius 2 is 1.97 bits per heavy atom. The van der Waals surface area contributed by atoms with Crippen molar-refractivity contribution in [1.29, 1.82) is 0 Å². The molecule has 0 bridgehead atoms. The number of fused-ring (bicyclic) bond motifs is 3. The highest BCUT2D eigenvalue weighted by atomic mass is 35.5. The molecular weight excluding hydrogens is 462 g/mol. The first kappa shape index (κ1) is 24.6. The summed E-state index contributed by atoms with van der Waals surface area (Å²) in [7, 11) is 0. The number of amides is 1. The lowest BCUT2D eigenvalue weighted by Gasteiger charge is -2.52. The monoisotopic (exact) mass is 489 g/mol. The lowest BCUT2D eigenvalue weighted by Crippen LogP contribution is -2.70. The van der Waals surface area contributed by atoms with E-state index < -0.39 is 58.6 Å². The SMILES string of the molecule is CCCC/C(Cl)=C/c1ccc(O)c2c1C[C@H]1C[C@H]3CC(=O)C(C(N)=O)C(O)[C@@]3(O)C(=O)C1C2=O. The van der Waals surface area contributed by atoms with Crippen molar-refractivity contribution in [3.63, 3.8) is 0 Å². The van der Waals surface area contributed by atoms with Gasteiger partial charge in [0.25, 0.3) is 0 Å². The molecule has 0 spiro atoms. The molecule has 34 heavy (non-hydrogen) atoms. The highest BCUT2D eigenvalue weighted by molar-refractivity contribution is 6.31. The molecule has 0 heterocycles. The molecule has 1 aromatic carbocycles. The van der Waals surface area contributed by atoms with Crippen LogP contribution in [0.4, 0.5) is 0 Å². The molecule has 5 N–H and O–H groups in total. The predicted molar refractivity (Wildman–Crippen MR) is 123 cm³/mol. The molecule has 0 saturated heterocycles. The summed E-state index contributed by atoms with van der Waals surface area (Å²) in [5, 5.41) is 33.1. The van der Waals surface area contributed by atoms with Gasteiger partial charge in [0, 0.05) is 17.4 Å². The van der Waals surface area contributed by atoms with Crippen LogP contribution in [0.25, 0.3) is 6.08 Å². The number of nitrogens with two attached hydrogens (primary N) is 1. The zero-order valence-corrected chi connectivity index (χ0v) is 19.5. The molecule has 1 amide bonds. The van der Waals surface area contributed by atoms with Gasteiger partial charge in [-0.25, -0.2) is 0 Å². The van der Waals surface area contributed by atoms with Crippen LogP contribution in [0, 0.1) is 23.7 Å². The standard InChI is InChI=1S/C25H28ClNO7/c1-2-3-4-14(26)8-11-5-6-16(28)19-15(11)9-12-7-13-10-17(29)20(24(27)33)23(32)25(13,34)22(31)18(12)21(19)30/h5-6,8,12-13,18,20,23,28,32,34H,2-4,7,9-10H2,1H3,(H2,27,33)/b14-8-/t12-,13+,18?,20?,23?,25+/m1/s1. The van der Waals surface area contributed by atoms with E-state index in [-0.39, 0.29) is 30.6 Å². The van der Waals surface area contributed by atoms with Crippen LogP contribution in [0.2, 0.25) is 0 Å². The third kappa shape index (κ3) is 3.68. The minimum Gasteiger partial charge on any atom is -0.507 e. The highest BCUT2D eigenvalue weighted by Crippen LogP contribution is 2.51. The van der Waals surface area contributed by atoms with Gasteiger partial charge in [-0.05, 0) is 54.9 Å². The number of rotatable bonds is 5. The van der Waals surface area contributed by atoms with E-state index in [0.29, 0.717) is 22.6 Å². The van der Waals surface area contributed by atoms with Crippen LogP contribution >= 0.6 is 11.6 Å². The van der Waals surface area contributed by atoms with Crippen molar-refractivity contribution in [2.75, 3.05) is 0 Å². The van der Waals surface area contributed by atoms with Crippen molar-refractivity contribution in [2.45, 2.75) is 57.2 Å². The minimum atomic E-state index is -2.45. The summed E-state index contributed by atoms with van der Waals surface area (Å²) in [4.78, 5) is 51.2. The summed E-state index contributed by atoms with van der Waals surface area (Å²) >= 11 is 6.38. The van der Waals surface area contributed by atoms with Crippen LogP contribution in [0.3, 0.4) is 0 Å². The number of hydrogen-bond acceptors (Lipinski definition) is 7. The summed E-state index contributed by atoms with van der Waals surface area (Å²) in [5.41, 5.74) is 4.03. The Labute approximate surface area is 201 Å². The van der Waals surface area contributed by atoms with Crippen molar-refractivity contribution < 1.29 is 34.5 Å². The molecule has 6 atom stereocenters. The fraction of sp³-hybridized carbons (Fsp3) is 0.520. The number of benzene rings is 1. The molecule has 0 radical (unpaired) electrons. The number of halogens is 1. The quantitative estimate of drug-likeness (QED) is 0.460. The Bertz CT molecular complexity index is 1110. The maximum atomic E-state index is 13.5. The zero-order chi connectivity index (χ0) is 24.9. The predicted octanol–water partition coefficient (Wildman–Crippen LogP) is 1.89. The minimum absolute atomic E-state index is 0.00168. The van der Waals surface area contributed by atoms with Gasteiger partial charge in [0.05, 0.1) is 11.5 Å². The third-order valence-electron chi connectivity index (χ3n) is 7.63. The number of Topliss-reactive ketones (excluding diaryl/α,β-unsaturated/α-hetero) is 3. The number of unbranched alkanes of at least 4 members (excludes halogenated alkanes) is 1. The van der Waals surface area contributed by atoms with E-state index in [0.717, 1.165) is 12.8 Å². The second-order valence-electron chi connectivity index (χ2n) is 9.65. The first-order valence-electron chi connectivity index (χ1n) is 11.5. The molecule has 3 unspecified atom stereocenters. The summed E-state index contributed by atoms with van der Waals surface area (Å²) in [6.07, 6.45) is 2.34. The fourth-order valence-electron chi connectivity index (χ4n) is 5.91. The van der Waals surface area contributed by atoms with Crippen LogP contribution in [0.1, 0.15) is 60.5 Å². The molecule has 4 rings (SSSR count). The van der Waals surface area contributed by atoms with Gasteiger partial charge >= 0.3 is 0 Å². The molecule has 0 aliphatic heterocycles. The van der Waals surface area contributed by atoms with E-state index in [4.69, 9.17) is 17.3 Å². The number of aliphatic hydroxyl groups is 2. The molecule has 3 aliphatic carbocycles. The molecule has 8 nitrogen and oxygen atoms in total. The number of hydrogen-bond donors (Lipinski definition) is 4. The van der Waals surface area contributed by atoms with Gasteiger partial charge in [-0.2, -0.15) is 0 Å². The van der Waals surface area contributed by atoms with Crippen molar-refractivity contribution in [3.8, 4) is 5.75 Å². The van der Waals surface area contributed by atoms with E-state index in [1.807, 2.05) is 6.92 Å². The van der Waals surface area contributed by atoms with Gasteiger partial charge in [0.15, 0.2) is 17.2 Å². The highest BCUT2D eigenvalue weighted by Gasteiger charge is 2.65. The molecular formula is C25H28ClNO7. The maximum Gasteiger partial charge on any atom is 0.230 e. The second kappa shape index (κ2) is 8.91. The van der Waals surface area contributed by atoms with Crippen LogP contribution in [-0.2, 0) is 20.8 Å². The Morgan fingerprint density at radius 1 is 1.26 bits per heavy atom. The van der Waals surface area contributed by atoms with Crippen molar-refractivity contribution in [1.82, 2.24) is 0 Å². The number of carbonyl (C=O) groups excluding carboxylic acids is 4. The van der Waals surface area contributed by atoms with Crippen molar-refractivity contribution >= 4 is 40.9 Å². The van der Waals surface area contributed by atoms with E-state index in [9.17, 15) is 34.5 Å². The number of carbonyl (C=O) groups is 4. The van der Waals surface area contributed by atoms with Crippen LogP contribution in [0.5, 0.6) is 5.75 Å². The maximum absolute atomic E-state index is 13.5. The van der Waals surface area contributed by atoms with Gasteiger partial charge in [-0.1, -0.05) is 31.0 Å². The number of phenols is 1. The summed E-state index contributed by atoms with van der Waals surface area (Å²) in [5.74, 6) is -8.15. The lowest BCUT2D eigenvalue weighted by atomic mass is 9.53. The Kier molecular flexibility index (Phi) is 6.44. The first-order valence-corrected chi connectivity index (χ1v) is 11.9. The summed E-state index contributed by atoms with van der Waals surface area (Å²) < 4.78 is 0. The third-order valence-corrected chi connectivity index (χ3v) is 7.93. The number of aromatic hydroxyl groups is 1. The molecule has 3 aliphatic rings. The number of primary amides is 1. The number of allylic oxidation sites excluding steroid dienone is 1. The van der Waals surface area contributed by atoms with E-state index in [1.54, 1.807) is 12.1 Å². The average Bonchev–Trinajstić information content (AvgIpc) is 2.76. The molecule has 182 valence electrons. The van der Waals surface area contributed by atoms with E-state index in [1.165, 1.54) is 6.07 Å². The van der Waals surface area contributed by atoms with E-state index in [2.05, 4.69) is 0 Å². The average molecular weight is 490 g/mol. The molecule has 2 saturated carbocycles. The van der Waals surface area contributed by atoms with Crippen molar-refractivity contribution in [3.05, 3.63) is 33.9 Å². The lowest BCUT2D eigenvalue weighted by molar-refractivity contribution is -0.194. The van der Waals surface area contributed by atoms with E-state index >= 15 is 0 Å².